The summed E-state index contributed by atoms with van der Waals surface area (Å²) in [5.41, 5.74) is 5.74. The zero-order chi connectivity index (χ0) is 12.4. The van der Waals surface area contributed by atoms with Gasteiger partial charge in [0.15, 0.2) is 0 Å². The van der Waals surface area contributed by atoms with Crippen molar-refractivity contribution in [2.45, 2.75) is 39.8 Å². The van der Waals surface area contributed by atoms with Gasteiger partial charge in [0.25, 0.3) is 0 Å². The van der Waals surface area contributed by atoms with Crippen molar-refractivity contribution in [2.24, 2.45) is 0 Å². The maximum Gasteiger partial charge on any atom is 0.0239 e. The molecule has 0 saturated carbocycles. The summed E-state index contributed by atoms with van der Waals surface area (Å²) in [5.74, 6) is 0. The number of halogens is 1. The smallest absolute Gasteiger partial charge is 0.0239 e. The quantitative estimate of drug-likeness (QED) is 0.907. The van der Waals surface area contributed by atoms with Crippen molar-refractivity contribution in [1.82, 2.24) is 10.2 Å². The highest BCUT2D eigenvalue weighted by molar-refractivity contribution is 5.85. The van der Waals surface area contributed by atoms with Gasteiger partial charge in [-0.2, -0.15) is 0 Å². The molecule has 0 bridgehead atoms. The standard InChI is InChI=1S/C15H24N2.ClH/c1-11-7-12(2)15(13(3)8-11)10-17(4)14-5-6-16-9-14;/h7-8,14,16H,5-6,9-10H2,1-4H3;1H. The van der Waals surface area contributed by atoms with Crippen molar-refractivity contribution in [3.8, 4) is 0 Å². The van der Waals surface area contributed by atoms with E-state index in [9.17, 15) is 0 Å². The molecule has 0 amide bonds. The molecule has 1 N–H and O–H groups in total. The summed E-state index contributed by atoms with van der Waals surface area (Å²) in [7, 11) is 2.25. The largest absolute Gasteiger partial charge is 0.315 e. The van der Waals surface area contributed by atoms with Crippen molar-refractivity contribution in [1.29, 1.82) is 0 Å². The van der Waals surface area contributed by atoms with Crippen LogP contribution in [0.4, 0.5) is 0 Å². The van der Waals surface area contributed by atoms with Gasteiger partial charge in [0, 0.05) is 19.1 Å². The lowest BCUT2D eigenvalue weighted by Crippen LogP contribution is -2.33. The summed E-state index contributed by atoms with van der Waals surface area (Å²) in [6.45, 7) is 10.0. The van der Waals surface area contributed by atoms with E-state index >= 15 is 0 Å². The highest BCUT2D eigenvalue weighted by atomic mass is 35.5. The van der Waals surface area contributed by atoms with Gasteiger partial charge in [-0.15, -0.1) is 12.4 Å². The Morgan fingerprint density at radius 1 is 1.22 bits per heavy atom. The number of nitrogens with zero attached hydrogens (tertiary/aromatic N) is 1. The van der Waals surface area contributed by atoms with Gasteiger partial charge in [-0.05, 0) is 57.5 Å². The monoisotopic (exact) mass is 268 g/mol. The van der Waals surface area contributed by atoms with Crippen LogP contribution in [0.3, 0.4) is 0 Å². The minimum Gasteiger partial charge on any atom is -0.315 e. The molecule has 102 valence electrons. The second kappa shape index (κ2) is 6.55. The first-order valence-corrected chi connectivity index (χ1v) is 6.55. The number of aryl methyl sites for hydroxylation is 3. The van der Waals surface area contributed by atoms with Gasteiger partial charge >= 0.3 is 0 Å². The van der Waals surface area contributed by atoms with Crippen LogP contribution in [0, 0.1) is 20.8 Å². The van der Waals surface area contributed by atoms with Gasteiger partial charge in [0.1, 0.15) is 0 Å². The Hall–Kier alpha value is -0.570. The second-order valence-corrected chi connectivity index (χ2v) is 5.44. The maximum atomic E-state index is 3.44. The highest BCUT2D eigenvalue weighted by Crippen LogP contribution is 2.19. The minimum absolute atomic E-state index is 0. The molecule has 1 heterocycles. The summed E-state index contributed by atoms with van der Waals surface area (Å²) >= 11 is 0. The van der Waals surface area contributed by atoms with Crippen LogP contribution < -0.4 is 5.32 Å². The predicted octanol–water partition coefficient (Wildman–Crippen LogP) is 2.83. The molecule has 1 fully saturated rings. The van der Waals surface area contributed by atoms with Crippen molar-refractivity contribution >= 4 is 12.4 Å². The second-order valence-electron chi connectivity index (χ2n) is 5.44. The first-order valence-electron chi connectivity index (χ1n) is 6.55. The van der Waals surface area contributed by atoms with E-state index < -0.39 is 0 Å². The van der Waals surface area contributed by atoms with Crippen LogP contribution >= 0.6 is 12.4 Å². The molecular formula is C15H25ClN2. The van der Waals surface area contributed by atoms with Crippen molar-refractivity contribution in [3.63, 3.8) is 0 Å². The van der Waals surface area contributed by atoms with Crippen LogP contribution in [0.25, 0.3) is 0 Å². The Labute approximate surface area is 117 Å². The van der Waals surface area contributed by atoms with Crippen LogP contribution in [0.15, 0.2) is 12.1 Å². The lowest BCUT2D eigenvalue weighted by molar-refractivity contribution is 0.248. The Bertz CT molecular complexity index is 374. The van der Waals surface area contributed by atoms with E-state index in [1.165, 1.54) is 35.2 Å². The first kappa shape index (κ1) is 15.5. The number of benzene rings is 1. The topological polar surface area (TPSA) is 15.3 Å². The first-order chi connectivity index (χ1) is 8.08. The third-order valence-corrected chi connectivity index (χ3v) is 3.91. The molecule has 0 spiro atoms. The van der Waals surface area contributed by atoms with E-state index in [4.69, 9.17) is 0 Å². The van der Waals surface area contributed by atoms with Crippen LogP contribution in [0.5, 0.6) is 0 Å². The molecule has 3 heteroatoms. The number of hydrogen-bond donors (Lipinski definition) is 1. The lowest BCUT2D eigenvalue weighted by Gasteiger charge is -2.25. The summed E-state index contributed by atoms with van der Waals surface area (Å²) in [6, 6.07) is 5.29. The summed E-state index contributed by atoms with van der Waals surface area (Å²) < 4.78 is 0. The summed E-state index contributed by atoms with van der Waals surface area (Å²) in [4.78, 5) is 2.49. The SMILES string of the molecule is Cc1cc(C)c(CN(C)C2CCNC2)c(C)c1.Cl. The van der Waals surface area contributed by atoms with E-state index in [-0.39, 0.29) is 12.4 Å². The van der Waals surface area contributed by atoms with Crippen molar-refractivity contribution < 1.29 is 0 Å². The Balaban J connectivity index is 0.00000162. The molecule has 1 atom stereocenters. The van der Waals surface area contributed by atoms with Gasteiger partial charge in [0.2, 0.25) is 0 Å². The molecule has 1 unspecified atom stereocenters. The number of hydrogen-bond acceptors (Lipinski definition) is 2. The zero-order valence-electron chi connectivity index (χ0n) is 11.9. The van der Waals surface area contributed by atoms with E-state index in [0.29, 0.717) is 6.04 Å². The fraction of sp³-hybridized carbons (Fsp3) is 0.600. The summed E-state index contributed by atoms with van der Waals surface area (Å²) in [6.07, 6.45) is 1.28. The van der Waals surface area contributed by atoms with E-state index in [1.807, 2.05) is 0 Å². The van der Waals surface area contributed by atoms with Crippen LogP contribution in [-0.4, -0.2) is 31.1 Å². The molecule has 1 aromatic rings. The van der Waals surface area contributed by atoms with Crippen molar-refractivity contribution in [3.05, 3.63) is 34.4 Å². The highest BCUT2D eigenvalue weighted by Gasteiger charge is 2.20. The van der Waals surface area contributed by atoms with Crippen molar-refractivity contribution in [2.75, 3.05) is 20.1 Å². The Morgan fingerprint density at radius 2 is 1.83 bits per heavy atom. The van der Waals surface area contributed by atoms with E-state index in [0.717, 1.165) is 13.1 Å². The molecule has 2 rings (SSSR count). The molecule has 1 aromatic carbocycles. The van der Waals surface area contributed by atoms with Gasteiger partial charge in [-0.3, -0.25) is 4.90 Å². The zero-order valence-corrected chi connectivity index (χ0v) is 12.7. The van der Waals surface area contributed by atoms with Gasteiger partial charge in [-0.1, -0.05) is 17.7 Å². The molecule has 2 nitrogen and oxygen atoms in total. The summed E-state index contributed by atoms with van der Waals surface area (Å²) in [5, 5.41) is 3.44. The normalized spacial score (nSPS) is 19.1. The molecule has 1 aliphatic rings. The van der Waals surface area contributed by atoms with E-state index in [1.54, 1.807) is 0 Å². The van der Waals surface area contributed by atoms with Gasteiger partial charge in [-0.25, -0.2) is 0 Å². The molecule has 1 saturated heterocycles. The average molecular weight is 269 g/mol. The Kier molecular flexibility index (Phi) is 5.64. The molecule has 0 aliphatic carbocycles. The van der Waals surface area contributed by atoms with Crippen LogP contribution in [0.1, 0.15) is 28.7 Å². The number of nitrogens with one attached hydrogen (secondary N) is 1. The third-order valence-electron chi connectivity index (χ3n) is 3.91. The minimum atomic E-state index is 0. The third kappa shape index (κ3) is 3.47. The molecule has 0 radical (unpaired) electrons. The number of likely N-dealkylation sites (N-methyl/N-ethyl adjacent to an activating group) is 1. The van der Waals surface area contributed by atoms with Crippen LogP contribution in [0.2, 0.25) is 0 Å². The fourth-order valence-electron chi connectivity index (χ4n) is 2.85. The predicted molar refractivity (Wildman–Crippen MR) is 80.6 cm³/mol. The number of rotatable bonds is 3. The Morgan fingerprint density at radius 3 is 2.33 bits per heavy atom. The molecule has 0 aromatic heterocycles. The average Bonchev–Trinajstić information content (AvgIpc) is 2.76. The maximum absolute atomic E-state index is 3.44. The lowest BCUT2D eigenvalue weighted by atomic mass is 9.99. The van der Waals surface area contributed by atoms with Crippen LogP contribution in [-0.2, 0) is 6.54 Å². The van der Waals surface area contributed by atoms with E-state index in [2.05, 4.69) is 50.2 Å². The fourth-order valence-corrected chi connectivity index (χ4v) is 2.85. The molecule has 1 aliphatic heterocycles. The van der Waals surface area contributed by atoms with Gasteiger partial charge < -0.3 is 5.32 Å². The molecule has 18 heavy (non-hydrogen) atoms. The van der Waals surface area contributed by atoms with Gasteiger partial charge in [0.05, 0.1) is 0 Å². The molecular weight excluding hydrogens is 244 g/mol.